The van der Waals surface area contributed by atoms with Gasteiger partial charge in [-0.25, -0.2) is 14.6 Å². The van der Waals surface area contributed by atoms with Crippen LogP contribution in [0, 0.1) is 0 Å². The van der Waals surface area contributed by atoms with Crippen molar-refractivity contribution in [3.63, 3.8) is 0 Å². The van der Waals surface area contributed by atoms with Gasteiger partial charge in [0.05, 0.1) is 39.3 Å². The first-order valence-corrected chi connectivity index (χ1v) is 11.1. The molecular formula is C23H22N6O5S. The maximum Gasteiger partial charge on any atom is 0.236 e. The fourth-order valence-electron chi connectivity index (χ4n) is 3.42. The summed E-state index contributed by atoms with van der Waals surface area (Å²) in [5.41, 5.74) is 7.84. The van der Waals surface area contributed by atoms with E-state index >= 15 is 0 Å². The number of rotatable bonds is 10. The predicted octanol–water partition coefficient (Wildman–Crippen LogP) is 2.54. The second-order valence-corrected chi connectivity index (χ2v) is 8.03. The zero-order chi connectivity index (χ0) is 24.9. The normalized spacial score (nSPS) is 10.6. The molecule has 4 rings (SSSR count). The smallest absolute Gasteiger partial charge is 0.236 e. The third kappa shape index (κ3) is 4.92. The molecule has 35 heavy (non-hydrogen) atoms. The number of aromatic nitrogens is 4. The first-order chi connectivity index (χ1) is 16.9. The van der Waals surface area contributed by atoms with Gasteiger partial charge in [0.15, 0.2) is 22.4 Å². The molecule has 12 heteroatoms. The van der Waals surface area contributed by atoms with Crippen LogP contribution in [-0.4, -0.2) is 59.3 Å². The molecule has 0 aliphatic rings. The Kier molecular flexibility index (Phi) is 6.92. The summed E-state index contributed by atoms with van der Waals surface area (Å²) in [6, 6.07) is 8.48. The van der Waals surface area contributed by atoms with Gasteiger partial charge in [0.2, 0.25) is 11.7 Å². The Labute approximate surface area is 204 Å². The third-order valence-corrected chi connectivity index (χ3v) is 5.85. The van der Waals surface area contributed by atoms with Crippen molar-refractivity contribution in [1.29, 1.82) is 0 Å². The van der Waals surface area contributed by atoms with E-state index in [1.807, 2.05) is 5.38 Å². The molecule has 2 aromatic heterocycles. The number of nitrogens with two attached hydrogens (primary N) is 1. The number of ether oxygens (including phenoxy) is 3. The Morgan fingerprint density at radius 2 is 1.83 bits per heavy atom. The number of nitrogens with one attached hydrogen (secondary N) is 1. The minimum Gasteiger partial charge on any atom is -0.493 e. The third-order valence-electron chi connectivity index (χ3n) is 5.05. The van der Waals surface area contributed by atoms with Gasteiger partial charge < -0.3 is 25.3 Å². The van der Waals surface area contributed by atoms with Crippen LogP contribution in [0.15, 0.2) is 48.4 Å². The van der Waals surface area contributed by atoms with E-state index in [-0.39, 0.29) is 12.3 Å². The van der Waals surface area contributed by atoms with Crippen molar-refractivity contribution >= 4 is 28.2 Å². The standard InChI is InChI=1S/C23H22N6O5S/c1-32-18-7-14(8-19(33-2)22(18)34-3)21(31)15-5-4-13(6-17(15)29-12-25-11-27-29)16-10-35-23(28-16)26-9-20(24)30/h4-8,10-12H,9H2,1-3H3,(H2,24,30)(H,26,28). The van der Waals surface area contributed by atoms with Crippen LogP contribution in [0.1, 0.15) is 15.9 Å². The lowest BCUT2D eigenvalue weighted by Crippen LogP contribution is -2.21. The Morgan fingerprint density at radius 1 is 1.09 bits per heavy atom. The molecule has 0 radical (unpaired) electrons. The molecule has 0 aliphatic carbocycles. The molecule has 0 spiro atoms. The van der Waals surface area contributed by atoms with Gasteiger partial charge in [-0.1, -0.05) is 6.07 Å². The van der Waals surface area contributed by atoms with Crippen molar-refractivity contribution in [2.75, 3.05) is 33.2 Å². The van der Waals surface area contributed by atoms with Crippen molar-refractivity contribution in [2.24, 2.45) is 5.73 Å². The van der Waals surface area contributed by atoms with E-state index < -0.39 is 5.91 Å². The van der Waals surface area contributed by atoms with Gasteiger partial charge in [0.1, 0.15) is 12.7 Å². The van der Waals surface area contributed by atoms with Gasteiger partial charge >= 0.3 is 0 Å². The van der Waals surface area contributed by atoms with Crippen molar-refractivity contribution in [2.45, 2.75) is 0 Å². The fourth-order valence-corrected chi connectivity index (χ4v) is 4.14. The van der Waals surface area contributed by atoms with Crippen LogP contribution >= 0.6 is 11.3 Å². The molecule has 0 atom stereocenters. The number of primary amides is 1. The van der Waals surface area contributed by atoms with Crippen molar-refractivity contribution in [1.82, 2.24) is 19.7 Å². The number of carbonyl (C=O) groups excluding carboxylic acids is 2. The summed E-state index contributed by atoms with van der Waals surface area (Å²) in [5.74, 6) is 0.371. The average Bonchev–Trinajstić information content (AvgIpc) is 3.58. The van der Waals surface area contributed by atoms with Gasteiger partial charge in [0, 0.05) is 22.1 Å². The van der Waals surface area contributed by atoms with E-state index in [1.165, 1.54) is 50.0 Å². The van der Waals surface area contributed by atoms with Crippen LogP contribution in [-0.2, 0) is 4.79 Å². The molecule has 3 N–H and O–H groups in total. The number of ketones is 1. The van der Waals surface area contributed by atoms with Crippen molar-refractivity contribution in [3.8, 4) is 34.2 Å². The highest BCUT2D eigenvalue weighted by Gasteiger charge is 2.22. The number of methoxy groups -OCH3 is 3. The number of hydrogen-bond donors (Lipinski definition) is 2. The molecule has 0 aliphatic heterocycles. The molecule has 2 heterocycles. The van der Waals surface area contributed by atoms with E-state index in [9.17, 15) is 9.59 Å². The summed E-state index contributed by atoms with van der Waals surface area (Å²) in [6.07, 6.45) is 2.89. The number of carbonyl (C=O) groups is 2. The van der Waals surface area contributed by atoms with Crippen molar-refractivity contribution in [3.05, 3.63) is 59.5 Å². The Morgan fingerprint density at radius 3 is 2.43 bits per heavy atom. The molecule has 0 saturated heterocycles. The van der Waals surface area contributed by atoms with E-state index in [2.05, 4.69) is 20.4 Å². The topological polar surface area (TPSA) is 143 Å². The molecule has 180 valence electrons. The summed E-state index contributed by atoms with van der Waals surface area (Å²) >= 11 is 1.34. The second kappa shape index (κ2) is 10.2. The second-order valence-electron chi connectivity index (χ2n) is 7.17. The van der Waals surface area contributed by atoms with E-state index in [0.29, 0.717) is 44.9 Å². The largest absolute Gasteiger partial charge is 0.493 e. The molecule has 4 aromatic rings. The number of benzene rings is 2. The molecule has 0 saturated carbocycles. The minimum absolute atomic E-state index is 0.0145. The summed E-state index contributed by atoms with van der Waals surface area (Å²) in [7, 11) is 4.47. The fraction of sp³-hybridized carbons (Fsp3) is 0.174. The van der Waals surface area contributed by atoms with Crippen LogP contribution in [0.25, 0.3) is 16.9 Å². The van der Waals surface area contributed by atoms with Gasteiger partial charge in [-0.3, -0.25) is 9.59 Å². The van der Waals surface area contributed by atoms with Crippen LogP contribution in [0.2, 0.25) is 0 Å². The first kappa shape index (κ1) is 23.7. The lowest BCUT2D eigenvalue weighted by molar-refractivity contribution is -0.116. The molecule has 1 amide bonds. The lowest BCUT2D eigenvalue weighted by Gasteiger charge is -2.15. The number of anilines is 1. The number of hydrogen-bond acceptors (Lipinski definition) is 10. The predicted molar refractivity (Wildman–Crippen MR) is 130 cm³/mol. The molecular weight excluding hydrogens is 472 g/mol. The molecule has 2 aromatic carbocycles. The van der Waals surface area contributed by atoms with Crippen molar-refractivity contribution < 1.29 is 23.8 Å². The monoisotopic (exact) mass is 494 g/mol. The van der Waals surface area contributed by atoms with Gasteiger partial charge in [-0.05, 0) is 24.3 Å². The Balaban J connectivity index is 1.76. The van der Waals surface area contributed by atoms with Crippen LogP contribution in [0.3, 0.4) is 0 Å². The van der Waals surface area contributed by atoms with Gasteiger partial charge in [-0.15, -0.1) is 11.3 Å². The highest BCUT2D eigenvalue weighted by Crippen LogP contribution is 2.39. The number of nitrogens with zero attached hydrogens (tertiary/aromatic N) is 4. The van der Waals surface area contributed by atoms with Crippen LogP contribution < -0.4 is 25.3 Å². The Hall–Kier alpha value is -4.45. The maximum atomic E-state index is 13.6. The van der Waals surface area contributed by atoms with Crippen LogP contribution in [0.4, 0.5) is 5.13 Å². The summed E-state index contributed by atoms with van der Waals surface area (Å²) in [4.78, 5) is 33.2. The highest BCUT2D eigenvalue weighted by molar-refractivity contribution is 7.14. The van der Waals surface area contributed by atoms with E-state index in [1.54, 1.807) is 30.3 Å². The van der Waals surface area contributed by atoms with Gasteiger partial charge in [-0.2, -0.15) is 5.10 Å². The summed E-state index contributed by atoms with van der Waals surface area (Å²) in [6.45, 7) is -0.0145. The lowest BCUT2D eigenvalue weighted by atomic mass is 9.98. The average molecular weight is 495 g/mol. The Bertz CT molecular complexity index is 1340. The van der Waals surface area contributed by atoms with E-state index in [0.717, 1.165) is 5.56 Å². The minimum atomic E-state index is -0.482. The molecule has 11 nitrogen and oxygen atoms in total. The maximum absolute atomic E-state index is 13.6. The molecule has 0 bridgehead atoms. The van der Waals surface area contributed by atoms with E-state index in [4.69, 9.17) is 19.9 Å². The first-order valence-electron chi connectivity index (χ1n) is 10.3. The summed E-state index contributed by atoms with van der Waals surface area (Å²) in [5, 5.41) is 9.48. The zero-order valence-electron chi connectivity index (χ0n) is 19.1. The number of thiazole rings is 1. The highest BCUT2D eigenvalue weighted by atomic mass is 32.1. The SMILES string of the molecule is COc1cc(C(=O)c2ccc(-c3csc(NCC(N)=O)n3)cc2-n2cncn2)cc(OC)c1OC. The molecule has 0 fully saturated rings. The quantitative estimate of drug-likeness (QED) is 0.318. The van der Waals surface area contributed by atoms with Gasteiger partial charge in [0.25, 0.3) is 0 Å². The number of amides is 1. The molecule has 0 unspecified atom stereocenters. The van der Waals surface area contributed by atoms with Crippen LogP contribution in [0.5, 0.6) is 17.2 Å². The zero-order valence-corrected chi connectivity index (χ0v) is 20.0. The summed E-state index contributed by atoms with van der Waals surface area (Å²) < 4.78 is 17.7.